The summed E-state index contributed by atoms with van der Waals surface area (Å²) in [5.41, 5.74) is 6.60. The summed E-state index contributed by atoms with van der Waals surface area (Å²) >= 11 is 3.44. The molecule has 0 atom stereocenters. The molecule has 2 N–H and O–H groups in total. The van der Waals surface area contributed by atoms with Crippen LogP contribution in [0.4, 0.5) is 0 Å². The highest BCUT2D eigenvalue weighted by Gasteiger charge is 2.29. The van der Waals surface area contributed by atoms with E-state index in [9.17, 15) is 4.79 Å². The van der Waals surface area contributed by atoms with Crippen molar-refractivity contribution in [3.63, 3.8) is 0 Å². The van der Waals surface area contributed by atoms with Crippen LogP contribution in [-0.4, -0.2) is 21.6 Å². The van der Waals surface area contributed by atoms with Gasteiger partial charge in [-0.2, -0.15) is 5.10 Å². The molecule has 0 amide bonds. The van der Waals surface area contributed by atoms with Crippen LogP contribution >= 0.6 is 15.9 Å². The normalized spacial score (nSPS) is 24.5. The van der Waals surface area contributed by atoms with E-state index >= 15 is 0 Å². The third kappa shape index (κ3) is 2.67. The van der Waals surface area contributed by atoms with Crippen molar-refractivity contribution in [1.82, 2.24) is 9.78 Å². The van der Waals surface area contributed by atoms with Crippen molar-refractivity contribution in [2.24, 2.45) is 11.7 Å². The van der Waals surface area contributed by atoms with Gasteiger partial charge in [-0.15, -0.1) is 0 Å². The second-order valence-corrected chi connectivity index (χ2v) is 6.21. The van der Waals surface area contributed by atoms with Gasteiger partial charge in [-0.3, -0.25) is 9.48 Å². The van der Waals surface area contributed by atoms with Gasteiger partial charge in [0.1, 0.15) is 5.69 Å². The predicted octanol–water partition coefficient (Wildman–Crippen LogP) is 2.93. The van der Waals surface area contributed by atoms with Crippen molar-refractivity contribution < 1.29 is 4.79 Å². The Hall–Kier alpha value is -0.680. The molecule has 1 fully saturated rings. The molecule has 0 aromatic carbocycles. The second-order valence-electron chi connectivity index (χ2n) is 5.36. The number of ketones is 1. The maximum atomic E-state index is 12.6. The maximum absolute atomic E-state index is 12.6. The molecule has 18 heavy (non-hydrogen) atoms. The predicted molar refractivity (Wildman–Crippen MR) is 74.6 cm³/mol. The molecular weight excluding hydrogens is 294 g/mol. The standard InChI is InChI=1S/C13H20BrN3O/c1-8(2)17-12(11(14)7-16-17)13(18)9-3-5-10(15)6-4-9/h7-10H,3-6,15H2,1-2H3. The van der Waals surface area contributed by atoms with Crippen LogP contribution in [0.3, 0.4) is 0 Å². The summed E-state index contributed by atoms with van der Waals surface area (Å²) in [6.45, 7) is 4.07. The van der Waals surface area contributed by atoms with Crippen molar-refractivity contribution in [3.05, 3.63) is 16.4 Å². The summed E-state index contributed by atoms with van der Waals surface area (Å²) in [5.74, 6) is 0.315. The van der Waals surface area contributed by atoms with Crippen LogP contribution in [-0.2, 0) is 0 Å². The first-order valence-electron chi connectivity index (χ1n) is 6.53. The van der Waals surface area contributed by atoms with E-state index in [0.29, 0.717) is 5.69 Å². The summed E-state index contributed by atoms with van der Waals surface area (Å²) in [4.78, 5) is 12.6. The first-order valence-corrected chi connectivity index (χ1v) is 7.32. The Morgan fingerprint density at radius 3 is 2.61 bits per heavy atom. The van der Waals surface area contributed by atoms with Gasteiger partial charge in [0.2, 0.25) is 0 Å². The molecule has 1 aromatic rings. The van der Waals surface area contributed by atoms with Gasteiger partial charge in [-0.05, 0) is 55.5 Å². The summed E-state index contributed by atoms with van der Waals surface area (Å²) in [5, 5.41) is 4.27. The van der Waals surface area contributed by atoms with Crippen LogP contribution in [0.25, 0.3) is 0 Å². The molecule has 1 saturated carbocycles. The molecule has 4 nitrogen and oxygen atoms in total. The molecular formula is C13H20BrN3O. The fraction of sp³-hybridized carbons (Fsp3) is 0.692. The Balaban J connectivity index is 2.21. The van der Waals surface area contributed by atoms with Gasteiger partial charge >= 0.3 is 0 Å². The molecule has 1 heterocycles. The third-order valence-electron chi connectivity index (χ3n) is 3.62. The largest absolute Gasteiger partial charge is 0.328 e. The first-order chi connectivity index (χ1) is 8.50. The summed E-state index contributed by atoms with van der Waals surface area (Å²) in [6.07, 6.45) is 5.40. The number of carbonyl (C=O) groups is 1. The minimum atomic E-state index is 0.107. The number of carbonyl (C=O) groups excluding carboxylic acids is 1. The van der Waals surface area contributed by atoms with E-state index in [1.54, 1.807) is 10.9 Å². The molecule has 1 aliphatic rings. The van der Waals surface area contributed by atoms with Crippen molar-refractivity contribution in [2.45, 2.75) is 51.6 Å². The summed E-state index contributed by atoms with van der Waals surface area (Å²) in [6, 6.07) is 0.466. The zero-order valence-electron chi connectivity index (χ0n) is 10.9. The van der Waals surface area contributed by atoms with Crippen LogP contribution in [0, 0.1) is 5.92 Å². The molecule has 1 aromatic heterocycles. The molecule has 0 aliphatic heterocycles. The van der Waals surface area contributed by atoms with Gasteiger partial charge < -0.3 is 5.73 Å². The zero-order chi connectivity index (χ0) is 13.3. The summed E-state index contributed by atoms with van der Waals surface area (Å²) in [7, 11) is 0. The minimum Gasteiger partial charge on any atom is -0.328 e. The van der Waals surface area contributed by atoms with E-state index in [4.69, 9.17) is 5.73 Å². The lowest BCUT2D eigenvalue weighted by Gasteiger charge is -2.25. The number of hydrogen-bond donors (Lipinski definition) is 1. The topological polar surface area (TPSA) is 60.9 Å². The highest BCUT2D eigenvalue weighted by atomic mass is 79.9. The van der Waals surface area contributed by atoms with Gasteiger partial charge in [-0.1, -0.05) is 0 Å². The number of Topliss-reactive ketones (excluding diaryl/α,β-unsaturated/α-hetero) is 1. The van der Waals surface area contributed by atoms with Crippen LogP contribution in [0.1, 0.15) is 56.1 Å². The number of rotatable bonds is 3. The van der Waals surface area contributed by atoms with Crippen LogP contribution < -0.4 is 5.73 Å². The second kappa shape index (κ2) is 5.53. The van der Waals surface area contributed by atoms with Gasteiger partial charge in [0.25, 0.3) is 0 Å². The molecule has 2 rings (SSSR count). The monoisotopic (exact) mass is 313 g/mol. The summed E-state index contributed by atoms with van der Waals surface area (Å²) < 4.78 is 2.61. The Kier molecular flexibility index (Phi) is 4.22. The van der Waals surface area contributed by atoms with Gasteiger partial charge in [0.15, 0.2) is 5.78 Å². The Bertz CT molecular complexity index is 433. The molecule has 0 spiro atoms. The zero-order valence-corrected chi connectivity index (χ0v) is 12.5. The van der Waals surface area contributed by atoms with Gasteiger partial charge in [-0.25, -0.2) is 0 Å². The number of aromatic nitrogens is 2. The SMILES string of the molecule is CC(C)n1ncc(Br)c1C(=O)C1CCC(N)CC1. The van der Waals surface area contributed by atoms with Crippen LogP contribution in [0.15, 0.2) is 10.7 Å². The maximum Gasteiger partial charge on any atom is 0.185 e. The van der Waals surface area contributed by atoms with Crippen molar-refractivity contribution in [2.75, 3.05) is 0 Å². The quantitative estimate of drug-likeness (QED) is 0.873. The molecule has 0 radical (unpaired) electrons. The van der Waals surface area contributed by atoms with Crippen molar-refractivity contribution in [3.8, 4) is 0 Å². The van der Waals surface area contributed by atoms with Crippen LogP contribution in [0.2, 0.25) is 0 Å². The smallest absolute Gasteiger partial charge is 0.185 e. The van der Waals surface area contributed by atoms with Gasteiger partial charge in [0.05, 0.1) is 10.7 Å². The lowest BCUT2D eigenvalue weighted by atomic mass is 9.83. The average molecular weight is 314 g/mol. The van der Waals surface area contributed by atoms with E-state index in [2.05, 4.69) is 21.0 Å². The fourth-order valence-corrected chi connectivity index (χ4v) is 3.01. The van der Waals surface area contributed by atoms with E-state index in [1.165, 1.54) is 0 Å². The van der Waals surface area contributed by atoms with E-state index in [1.807, 2.05) is 13.8 Å². The van der Waals surface area contributed by atoms with Crippen molar-refractivity contribution in [1.29, 1.82) is 0 Å². The molecule has 100 valence electrons. The van der Waals surface area contributed by atoms with E-state index in [0.717, 1.165) is 30.2 Å². The van der Waals surface area contributed by atoms with E-state index < -0.39 is 0 Å². The highest BCUT2D eigenvalue weighted by molar-refractivity contribution is 9.10. The molecule has 0 bridgehead atoms. The molecule has 0 unspecified atom stereocenters. The third-order valence-corrected chi connectivity index (χ3v) is 4.20. The molecule has 0 saturated heterocycles. The van der Waals surface area contributed by atoms with Gasteiger partial charge in [0, 0.05) is 18.0 Å². The van der Waals surface area contributed by atoms with Crippen molar-refractivity contribution >= 4 is 21.7 Å². The number of halogens is 1. The van der Waals surface area contributed by atoms with E-state index in [-0.39, 0.29) is 23.8 Å². The lowest BCUT2D eigenvalue weighted by molar-refractivity contribution is 0.0870. The molecule has 1 aliphatic carbocycles. The number of nitrogens with zero attached hydrogens (tertiary/aromatic N) is 2. The highest BCUT2D eigenvalue weighted by Crippen LogP contribution is 2.30. The number of nitrogens with two attached hydrogens (primary N) is 1. The first kappa shape index (κ1) is 13.7. The Morgan fingerprint density at radius 1 is 1.44 bits per heavy atom. The number of hydrogen-bond acceptors (Lipinski definition) is 3. The van der Waals surface area contributed by atoms with Crippen LogP contribution in [0.5, 0.6) is 0 Å². The minimum absolute atomic E-state index is 0.107. The Labute approximate surface area is 116 Å². The lowest BCUT2D eigenvalue weighted by Crippen LogP contribution is -2.31. The Morgan fingerprint density at radius 2 is 2.06 bits per heavy atom. The average Bonchev–Trinajstić information content (AvgIpc) is 2.71. The molecule has 5 heteroatoms. The fourth-order valence-electron chi connectivity index (χ4n) is 2.54.